The summed E-state index contributed by atoms with van der Waals surface area (Å²) >= 11 is 0. The third-order valence-electron chi connectivity index (χ3n) is 4.50. The molecule has 20 heavy (non-hydrogen) atoms. The Balaban J connectivity index is 1.83. The normalized spacial score (nSPS) is 23.1. The van der Waals surface area contributed by atoms with Crippen molar-refractivity contribution in [2.75, 3.05) is 13.1 Å². The third kappa shape index (κ3) is 2.56. The maximum Gasteiger partial charge on any atom is 0.0746 e. The van der Waals surface area contributed by atoms with Crippen LogP contribution in [0.3, 0.4) is 0 Å². The van der Waals surface area contributed by atoms with Crippen molar-refractivity contribution in [1.29, 1.82) is 0 Å². The summed E-state index contributed by atoms with van der Waals surface area (Å²) in [4.78, 5) is 7.05. The van der Waals surface area contributed by atoms with Crippen LogP contribution in [0.2, 0.25) is 0 Å². The molecule has 1 fully saturated rings. The van der Waals surface area contributed by atoms with E-state index in [4.69, 9.17) is 5.73 Å². The highest BCUT2D eigenvalue weighted by Gasteiger charge is 2.33. The molecule has 1 aromatic carbocycles. The van der Waals surface area contributed by atoms with Gasteiger partial charge < -0.3 is 5.73 Å². The van der Waals surface area contributed by atoms with Gasteiger partial charge in [0.05, 0.1) is 5.52 Å². The number of aromatic nitrogens is 1. The summed E-state index contributed by atoms with van der Waals surface area (Å²) in [6, 6.07) is 10.9. The number of benzene rings is 1. The molecule has 0 bridgehead atoms. The van der Waals surface area contributed by atoms with Crippen LogP contribution in [0.1, 0.15) is 25.8 Å². The Morgan fingerprint density at radius 1 is 1.30 bits per heavy atom. The van der Waals surface area contributed by atoms with Crippen molar-refractivity contribution in [3.8, 4) is 0 Å². The molecule has 0 aliphatic carbocycles. The Bertz CT molecular complexity index is 601. The van der Waals surface area contributed by atoms with Crippen LogP contribution in [0.15, 0.2) is 36.5 Å². The minimum Gasteiger partial charge on any atom is -0.327 e. The first kappa shape index (κ1) is 13.5. The first-order chi connectivity index (χ1) is 9.56. The minimum atomic E-state index is 0.191. The van der Waals surface area contributed by atoms with Crippen molar-refractivity contribution in [2.45, 2.75) is 32.9 Å². The molecule has 3 heteroatoms. The zero-order valence-electron chi connectivity index (χ0n) is 12.3. The van der Waals surface area contributed by atoms with E-state index in [9.17, 15) is 0 Å². The van der Waals surface area contributed by atoms with Crippen molar-refractivity contribution >= 4 is 10.9 Å². The average molecular weight is 269 g/mol. The SMILES string of the molecule is CC1(C)CN(Cc2cccc3cccnc23)CCC1N. The standard InChI is InChI=1S/C17H23N3/c1-17(2)12-20(10-8-15(17)18)11-14-6-3-5-13-7-4-9-19-16(13)14/h3-7,9,15H,8,10-12,18H2,1-2H3. The van der Waals surface area contributed by atoms with Crippen molar-refractivity contribution in [3.05, 3.63) is 42.1 Å². The maximum atomic E-state index is 6.22. The molecular weight excluding hydrogens is 246 g/mol. The average Bonchev–Trinajstić information content (AvgIpc) is 2.43. The number of nitrogens with zero attached hydrogens (tertiary/aromatic N) is 2. The van der Waals surface area contributed by atoms with Gasteiger partial charge in [-0.2, -0.15) is 0 Å². The highest BCUT2D eigenvalue weighted by Crippen LogP contribution is 2.29. The number of nitrogens with two attached hydrogens (primary N) is 1. The highest BCUT2D eigenvalue weighted by molar-refractivity contribution is 5.81. The predicted molar refractivity (Wildman–Crippen MR) is 83.4 cm³/mol. The summed E-state index contributed by atoms with van der Waals surface area (Å²) in [5.74, 6) is 0. The molecule has 2 heterocycles. The molecule has 106 valence electrons. The Morgan fingerprint density at radius 3 is 2.90 bits per heavy atom. The molecular formula is C17H23N3. The summed E-state index contributed by atoms with van der Waals surface area (Å²) in [7, 11) is 0. The quantitative estimate of drug-likeness (QED) is 0.911. The van der Waals surface area contributed by atoms with E-state index < -0.39 is 0 Å². The number of fused-ring (bicyclic) bond motifs is 1. The van der Waals surface area contributed by atoms with Crippen LogP contribution in [-0.2, 0) is 6.54 Å². The van der Waals surface area contributed by atoms with Crippen molar-refractivity contribution in [2.24, 2.45) is 11.1 Å². The topological polar surface area (TPSA) is 42.2 Å². The van der Waals surface area contributed by atoms with E-state index in [1.54, 1.807) is 0 Å². The molecule has 0 spiro atoms. The Hall–Kier alpha value is -1.45. The molecule has 1 aliphatic rings. The molecule has 1 saturated heterocycles. The van der Waals surface area contributed by atoms with Gasteiger partial charge in [-0.1, -0.05) is 38.1 Å². The summed E-state index contributed by atoms with van der Waals surface area (Å²) < 4.78 is 0. The fourth-order valence-electron chi connectivity index (χ4n) is 3.16. The first-order valence-electron chi connectivity index (χ1n) is 7.37. The number of rotatable bonds is 2. The molecule has 3 rings (SSSR count). The largest absolute Gasteiger partial charge is 0.327 e. The van der Waals surface area contributed by atoms with Gasteiger partial charge in [-0.25, -0.2) is 0 Å². The molecule has 0 radical (unpaired) electrons. The van der Waals surface area contributed by atoms with Gasteiger partial charge in [-0.3, -0.25) is 9.88 Å². The molecule has 1 atom stereocenters. The van der Waals surface area contributed by atoms with Crippen LogP contribution in [-0.4, -0.2) is 29.0 Å². The third-order valence-corrected chi connectivity index (χ3v) is 4.50. The zero-order chi connectivity index (χ0) is 14.2. The second kappa shape index (κ2) is 5.15. The van der Waals surface area contributed by atoms with Gasteiger partial charge in [-0.05, 0) is 23.5 Å². The lowest BCUT2D eigenvalue weighted by molar-refractivity contribution is 0.0901. The van der Waals surface area contributed by atoms with E-state index in [0.717, 1.165) is 31.6 Å². The minimum absolute atomic E-state index is 0.191. The van der Waals surface area contributed by atoms with Crippen LogP contribution in [0, 0.1) is 5.41 Å². The van der Waals surface area contributed by atoms with Gasteiger partial charge in [0, 0.05) is 37.3 Å². The van der Waals surface area contributed by atoms with Gasteiger partial charge in [0.2, 0.25) is 0 Å². The number of pyridine rings is 1. The molecule has 1 aromatic heterocycles. The van der Waals surface area contributed by atoms with Crippen molar-refractivity contribution < 1.29 is 0 Å². The van der Waals surface area contributed by atoms with E-state index in [1.165, 1.54) is 10.9 Å². The first-order valence-corrected chi connectivity index (χ1v) is 7.37. The van der Waals surface area contributed by atoms with E-state index in [2.05, 4.69) is 48.0 Å². The Labute approximate surface area is 120 Å². The second-order valence-corrected chi connectivity index (χ2v) is 6.59. The highest BCUT2D eigenvalue weighted by atomic mass is 15.1. The number of hydrogen-bond acceptors (Lipinski definition) is 3. The molecule has 3 nitrogen and oxygen atoms in total. The smallest absolute Gasteiger partial charge is 0.0746 e. The Morgan fingerprint density at radius 2 is 2.10 bits per heavy atom. The molecule has 0 amide bonds. The zero-order valence-corrected chi connectivity index (χ0v) is 12.3. The van der Waals surface area contributed by atoms with Crippen LogP contribution >= 0.6 is 0 Å². The molecule has 2 aromatic rings. The predicted octanol–water partition coefficient (Wildman–Crippen LogP) is 2.79. The fourth-order valence-corrected chi connectivity index (χ4v) is 3.16. The van der Waals surface area contributed by atoms with E-state index in [0.29, 0.717) is 6.04 Å². The maximum absolute atomic E-state index is 6.22. The van der Waals surface area contributed by atoms with Gasteiger partial charge in [0.15, 0.2) is 0 Å². The number of hydrogen-bond donors (Lipinski definition) is 1. The lowest BCUT2D eigenvalue weighted by Gasteiger charge is -2.42. The summed E-state index contributed by atoms with van der Waals surface area (Å²) in [6.07, 6.45) is 2.95. The van der Waals surface area contributed by atoms with Crippen LogP contribution in [0.4, 0.5) is 0 Å². The monoisotopic (exact) mass is 269 g/mol. The van der Waals surface area contributed by atoms with Gasteiger partial charge >= 0.3 is 0 Å². The van der Waals surface area contributed by atoms with Crippen LogP contribution in [0.25, 0.3) is 10.9 Å². The molecule has 1 aliphatic heterocycles. The molecule has 2 N–H and O–H groups in total. The van der Waals surface area contributed by atoms with Gasteiger partial charge in [-0.15, -0.1) is 0 Å². The fraction of sp³-hybridized carbons (Fsp3) is 0.471. The number of para-hydroxylation sites is 1. The van der Waals surface area contributed by atoms with Crippen molar-refractivity contribution in [3.63, 3.8) is 0 Å². The summed E-state index contributed by atoms with van der Waals surface area (Å²) in [6.45, 7) is 7.63. The van der Waals surface area contributed by atoms with Crippen molar-refractivity contribution in [1.82, 2.24) is 9.88 Å². The number of piperidine rings is 1. The van der Waals surface area contributed by atoms with Crippen LogP contribution < -0.4 is 5.73 Å². The van der Waals surface area contributed by atoms with E-state index >= 15 is 0 Å². The Kier molecular flexibility index (Phi) is 3.48. The molecule has 1 unspecified atom stereocenters. The van der Waals surface area contributed by atoms with E-state index in [-0.39, 0.29) is 5.41 Å². The lowest BCUT2D eigenvalue weighted by atomic mass is 9.79. The summed E-state index contributed by atoms with van der Waals surface area (Å²) in [5, 5.41) is 1.22. The lowest BCUT2D eigenvalue weighted by Crippen LogP contribution is -2.52. The van der Waals surface area contributed by atoms with Crippen LogP contribution in [0.5, 0.6) is 0 Å². The van der Waals surface area contributed by atoms with E-state index in [1.807, 2.05) is 12.3 Å². The number of likely N-dealkylation sites (tertiary alicyclic amines) is 1. The second-order valence-electron chi connectivity index (χ2n) is 6.59. The van der Waals surface area contributed by atoms with Gasteiger partial charge in [0.1, 0.15) is 0 Å². The molecule has 0 saturated carbocycles. The summed E-state index contributed by atoms with van der Waals surface area (Å²) in [5.41, 5.74) is 8.85. The van der Waals surface area contributed by atoms with Gasteiger partial charge in [0.25, 0.3) is 0 Å².